The first kappa shape index (κ1) is 10.4. The summed E-state index contributed by atoms with van der Waals surface area (Å²) in [5, 5.41) is 3.16. The Hall–Kier alpha value is -2.11. The standard InChI is InChI=1S/C10H14N6/c11-9-6-13-7-10(15-9)14-2-1-4-16-5-3-12-8-16/h3,5-8H,1-2,4H2,(H3,11,14,15). The number of aromatic nitrogens is 4. The van der Waals surface area contributed by atoms with Crippen LogP contribution in [0.25, 0.3) is 0 Å². The molecular weight excluding hydrogens is 204 g/mol. The molecule has 3 N–H and O–H groups in total. The van der Waals surface area contributed by atoms with E-state index in [1.54, 1.807) is 18.7 Å². The van der Waals surface area contributed by atoms with Crippen molar-refractivity contribution in [3.05, 3.63) is 31.1 Å². The van der Waals surface area contributed by atoms with Gasteiger partial charge in [-0.25, -0.2) is 9.97 Å². The smallest absolute Gasteiger partial charge is 0.146 e. The highest BCUT2D eigenvalue weighted by atomic mass is 15.1. The zero-order valence-electron chi connectivity index (χ0n) is 8.87. The van der Waals surface area contributed by atoms with Gasteiger partial charge in [0.1, 0.15) is 11.6 Å². The fourth-order valence-corrected chi connectivity index (χ4v) is 1.36. The van der Waals surface area contributed by atoms with E-state index in [2.05, 4.69) is 20.3 Å². The van der Waals surface area contributed by atoms with Crippen molar-refractivity contribution in [2.45, 2.75) is 13.0 Å². The Morgan fingerprint density at radius 3 is 3.00 bits per heavy atom. The number of nitrogen functional groups attached to an aromatic ring is 1. The molecule has 6 nitrogen and oxygen atoms in total. The Bertz CT molecular complexity index is 425. The largest absolute Gasteiger partial charge is 0.382 e. The van der Waals surface area contributed by atoms with Gasteiger partial charge in [0.15, 0.2) is 0 Å². The summed E-state index contributed by atoms with van der Waals surface area (Å²) in [6.07, 6.45) is 9.70. The fraction of sp³-hybridized carbons (Fsp3) is 0.300. The predicted molar refractivity (Wildman–Crippen MR) is 61.8 cm³/mol. The molecule has 16 heavy (non-hydrogen) atoms. The molecule has 0 aliphatic heterocycles. The number of nitrogens with one attached hydrogen (secondary N) is 1. The van der Waals surface area contributed by atoms with Crippen molar-refractivity contribution in [2.24, 2.45) is 0 Å². The second-order valence-electron chi connectivity index (χ2n) is 3.41. The SMILES string of the molecule is Nc1cncc(NCCCn2ccnc2)n1. The second kappa shape index (κ2) is 5.11. The second-order valence-corrected chi connectivity index (χ2v) is 3.41. The predicted octanol–water partition coefficient (Wildman–Crippen LogP) is 0.757. The van der Waals surface area contributed by atoms with Crippen LogP contribution < -0.4 is 11.1 Å². The number of anilines is 2. The lowest BCUT2D eigenvalue weighted by atomic mass is 10.4. The Morgan fingerprint density at radius 1 is 1.31 bits per heavy atom. The molecule has 2 aromatic rings. The summed E-state index contributed by atoms with van der Waals surface area (Å²) in [6, 6.07) is 0. The Balaban J connectivity index is 1.72. The van der Waals surface area contributed by atoms with E-state index in [4.69, 9.17) is 5.73 Å². The van der Waals surface area contributed by atoms with Gasteiger partial charge in [0.2, 0.25) is 0 Å². The number of rotatable bonds is 5. The molecule has 2 rings (SSSR count). The zero-order chi connectivity index (χ0) is 11.2. The Kier molecular flexibility index (Phi) is 3.32. The number of hydrogen-bond acceptors (Lipinski definition) is 5. The van der Waals surface area contributed by atoms with Crippen LogP contribution in [0.5, 0.6) is 0 Å². The van der Waals surface area contributed by atoms with Gasteiger partial charge in [0.05, 0.1) is 18.7 Å². The van der Waals surface area contributed by atoms with Crippen molar-refractivity contribution >= 4 is 11.6 Å². The lowest BCUT2D eigenvalue weighted by Crippen LogP contribution is -2.07. The van der Waals surface area contributed by atoms with Crippen LogP contribution in [-0.2, 0) is 6.54 Å². The summed E-state index contributed by atoms with van der Waals surface area (Å²) in [4.78, 5) is 12.0. The maximum absolute atomic E-state index is 5.51. The van der Waals surface area contributed by atoms with Gasteiger partial charge in [0, 0.05) is 25.5 Å². The summed E-state index contributed by atoms with van der Waals surface area (Å²) in [5.74, 6) is 1.14. The number of nitrogens with two attached hydrogens (primary N) is 1. The average molecular weight is 218 g/mol. The fourth-order valence-electron chi connectivity index (χ4n) is 1.36. The van der Waals surface area contributed by atoms with Gasteiger partial charge < -0.3 is 15.6 Å². The minimum Gasteiger partial charge on any atom is -0.382 e. The molecule has 0 spiro atoms. The van der Waals surface area contributed by atoms with Crippen LogP contribution in [0.1, 0.15) is 6.42 Å². The molecule has 6 heteroatoms. The molecule has 0 amide bonds. The minimum atomic E-state index is 0.430. The van der Waals surface area contributed by atoms with Crippen molar-refractivity contribution in [2.75, 3.05) is 17.6 Å². The third-order valence-corrected chi connectivity index (χ3v) is 2.11. The molecule has 0 atom stereocenters. The van der Waals surface area contributed by atoms with Crippen LogP contribution in [0.4, 0.5) is 11.6 Å². The normalized spacial score (nSPS) is 10.2. The number of aryl methyl sites for hydroxylation is 1. The van der Waals surface area contributed by atoms with Crippen molar-refractivity contribution in [1.29, 1.82) is 0 Å². The molecule has 0 aliphatic carbocycles. The first-order chi connectivity index (χ1) is 7.84. The molecule has 2 heterocycles. The summed E-state index contributed by atoms with van der Waals surface area (Å²) < 4.78 is 2.03. The molecule has 0 fully saturated rings. The molecule has 2 aromatic heterocycles. The number of hydrogen-bond donors (Lipinski definition) is 2. The summed E-state index contributed by atoms with van der Waals surface area (Å²) in [6.45, 7) is 1.76. The molecule has 0 saturated heterocycles. The van der Waals surface area contributed by atoms with Crippen molar-refractivity contribution in [1.82, 2.24) is 19.5 Å². The zero-order valence-corrected chi connectivity index (χ0v) is 8.87. The molecule has 0 bridgehead atoms. The number of nitrogens with zero attached hydrogens (tertiary/aromatic N) is 4. The van der Waals surface area contributed by atoms with Crippen LogP contribution in [0.15, 0.2) is 31.1 Å². The topological polar surface area (TPSA) is 81.6 Å². The highest BCUT2D eigenvalue weighted by Gasteiger charge is 1.95. The monoisotopic (exact) mass is 218 g/mol. The van der Waals surface area contributed by atoms with Gasteiger partial charge in [0.25, 0.3) is 0 Å². The van der Waals surface area contributed by atoms with E-state index < -0.39 is 0 Å². The van der Waals surface area contributed by atoms with Crippen molar-refractivity contribution in [3.8, 4) is 0 Å². The molecule has 0 saturated carbocycles. The van der Waals surface area contributed by atoms with Crippen LogP contribution in [-0.4, -0.2) is 26.1 Å². The van der Waals surface area contributed by atoms with Crippen LogP contribution in [0, 0.1) is 0 Å². The quantitative estimate of drug-likeness (QED) is 0.724. The van der Waals surface area contributed by atoms with E-state index in [-0.39, 0.29) is 0 Å². The molecule has 84 valence electrons. The Labute approximate surface area is 93.6 Å². The van der Waals surface area contributed by atoms with Gasteiger partial charge in [-0.2, -0.15) is 0 Å². The van der Waals surface area contributed by atoms with E-state index in [0.717, 1.165) is 19.5 Å². The molecular formula is C10H14N6. The average Bonchev–Trinajstić information content (AvgIpc) is 2.77. The van der Waals surface area contributed by atoms with Gasteiger partial charge >= 0.3 is 0 Å². The lowest BCUT2D eigenvalue weighted by Gasteiger charge is -2.05. The molecule has 0 aliphatic rings. The summed E-state index contributed by atoms with van der Waals surface area (Å²) >= 11 is 0. The maximum Gasteiger partial charge on any atom is 0.146 e. The van der Waals surface area contributed by atoms with Crippen molar-refractivity contribution < 1.29 is 0 Å². The highest BCUT2D eigenvalue weighted by molar-refractivity contribution is 5.37. The van der Waals surface area contributed by atoms with Crippen molar-refractivity contribution in [3.63, 3.8) is 0 Å². The summed E-state index contributed by atoms with van der Waals surface area (Å²) in [7, 11) is 0. The third-order valence-electron chi connectivity index (χ3n) is 2.11. The van der Waals surface area contributed by atoms with E-state index >= 15 is 0 Å². The van der Waals surface area contributed by atoms with E-state index in [0.29, 0.717) is 11.6 Å². The Morgan fingerprint density at radius 2 is 2.25 bits per heavy atom. The minimum absolute atomic E-state index is 0.430. The first-order valence-corrected chi connectivity index (χ1v) is 5.12. The highest BCUT2D eigenvalue weighted by Crippen LogP contribution is 2.02. The van der Waals surface area contributed by atoms with Gasteiger partial charge in [-0.3, -0.25) is 4.98 Å². The van der Waals surface area contributed by atoms with E-state index in [9.17, 15) is 0 Å². The van der Waals surface area contributed by atoms with Gasteiger partial charge in [-0.1, -0.05) is 0 Å². The maximum atomic E-state index is 5.51. The van der Waals surface area contributed by atoms with Gasteiger partial charge in [-0.05, 0) is 6.42 Å². The van der Waals surface area contributed by atoms with E-state index in [1.807, 2.05) is 10.8 Å². The number of imidazole rings is 1. The van der Waals surface area contributed by atoms with Crippen LogP contribution in [0.3, 0.4) is 0 Å². The van der Waals surface area contributed by atoms with Gasteiger partial charge in [-0.15, -0.1) is 0 Å². The lowest BCUT2D eigenvalue weighted by molar-refractivity contribution is 0.660. The molecule has 0 unspecified atom stereocenters. The van der Waals surface area contributed by atoms with Crippen LogP contribution >= 0.6 is 0 Å². The third kappa shape index (κ3) is 2.94. The van der Waals surface area contributed by atoms with Crippen LogP contribution in [0.2, 0.25) is 0 Å². The first-order valence-electron chi connectivity index (χ1n) is 5.12. The van der Waals surface area contributed by atoms with E-state index in [1.165, 1.54) is 6.20 Å². The molecule has 0 aromatic carbocycles. The summed E-state index contributed by atoms with van der Waals surface area (Å²) in [5.41, 5.74) is 5.51. The molecule has 0 radical (unpaired) electrons.